The molecule has 1 aliphatic carbocycles. The Labute approximate surface area is 124 Å². The third kappa shape index (κ3) is 4.08. The molecule has 0 radical (unpaired) electrons. The summed E-state index contributed by atoms with van der Waals surface area (Å²) < 4.78 is 5.15. The molecule has 0 aliphatic heterocycles. The van der Waals surface area contributed by atoms with Gasteiger partial charge in [0.1, 0.15) is 11.6 Å². The van der Waals surface area contributed by atoms with Gasteiger partial charge in [0.2, 0.25) is 5.95 Å². The predicted octanol–water partition coefficient (Wildman–Crippen LogP) is 2.71. The summed E-state index contributed by atoms with van der Waals surface area (Å²) in [7, 11) is 1.68. The number of aromatic nitrogens is 2. The minimum absolute atomic E-state index is 0.604. The molecule has 21 heavy (non-hydrogen) atoms. The molecule has 5 heteroatoms. The van der Waals surface area contributed by atoms with Gasteiger partial charge in [-0.15, -0.1) is 0 Å². The molecule has 2 N–H and O–H groups in total. The van der Waals surface area contributed by atoms with Gasteiger partial charge in [0, 0.05) is 18.8 Å². The van der Waals surface area contributed by atoms with Crippen molar-refractivity contribution < 1.29 is 4.74 Å². The van der Waals surface area contributed by atoms with Gasteiger partial charge in [0.15, 0.2) is 0 Å². The van der Waals surface area contributed by atoms with Crippen LogP contribution in [0.4, 0.5) is 11.8 Å². The second-order valence-corrected chi connectivity index (χ2v) is 5.21. The SMILES string of the molecule is COc1ccc(CCNc2nccc(NC3CC3)n2)cc1. The number of anilines is 2. The summed E-state index contributed by atoms with van der Waals surface area (Å²) in [4.78, 5) is 8.70. The summed E-state index contributed by atoms with van der Waals surface area (Å²) in [6, 6.07) is 10.6. The number of hydrogen-bond acceptors (Lipinski definition) is 5. The van der Waals surface area contributed by atoms with E-state index in [0.29, 0.717) is 12.0 Å². The van der Waals surface area contributed by atoms with Crippen LogP contribution in [-0.4, -0.2) is 29.7 Å². The number of hydrogen-bond donors (Lipinski definition) is 2. The van der Waals surface area contributed by atoms with E-state index in [1.165, 1.54) is 18.4 Å². The molecule has 0 unspecified atom stereocenters. The third-order valence-electron chi connectivity index (χ3n) is 3.44. The number of nitrogens with zero attached hydrogens (tertiary/aromatic N) is 2. The molecule has 0 saturated heterocycles. The Kier molecular flexibility index (Phi) is 4.19. The highest BCUT2D eigenvalue weighted by Crippen LogP contribution is 2.23. The average Bonchev–Trinajstić information content (AvgIpc) is 3.32. The molecule has 0 amide bonds. The second-order valence-electron chi connectivity index (χ2n) is 5.21. The van der Waals surface area contributed by atoms with Crippen molar-refractivity contribution in [2.45, 2.75) is 25.3 Å². The van der Waals surface area contributed by atoms with Gasteiger partial charge >= 0.3 is 0 Å². The van der Waals surface area contributed by atoms with E-state index in [2.05, 4.69) is 32.7 Å². The Balaban J connectivity index is 1.49. The van der Waals surface area contributed by atoms with Crippen LogP contribution in [0.15, 0.2) is 36.5 Å². The van der Waals surface area contributed by atoms with Crippen molar-refractivity contribution >= 4 is 11.8 Å². The van der Waals surface area contributed by atoms with Gasteiger partial charge in [-0.1, -0.05) is 12.1 Å². The molecule has 1 aromatic carbocycles. The molecule has 1 fully saturated rings. The van der Waals surface area contributed by atoms with Gasteiger partial charge in [-0.05, 0) is 43.0 Å². The van der Waals surface area contributed by atoms with E-state index in [9.17, 15) is 0 Å². The second kappa shape index (κ2) is 6.43. The van der Waals surface area contributed by atoms with Crippen LogP contribution in [0, 0.1) is 0 Å². The molecule has 1 aliphatic rings. The fourth-order valence-electron chi connectivity index (χ4n) is 2.07. The van der Waals surface area contributed by atoms with E-state index in [0.717, 1.165) is 24.5 Å². The van der Waals surface area contributed by atoms with E-state index < -0.39 is 0 Å². The maximum absolute atomic E-state index is 5.15. The molecule has 1 saturated carbocycles. The van der Waals surface area contributed by atoms with Crippen LogP contribution in [0.25, 0.3) is 0 Å². The normalized spacial score (nSPS) is 13.8. The molecule has 110 valence electrons. The van der Waals surface area contributed by atoms with Gasteiger partial charge in [0.05, 0.1) is 7.11 Å². The van der Waals surface area contributed by atoms with Gasteiger partial charge in [-0.2, -0.15) is 4.98 Å². The summed E-state index contributed by atoms with van der Waals surface area (Å²) in [5.74, 6) is 2.46. The van der Waals surface area contributed by atoms with Crippen LogP contribution in [0.5, 0.6) is 5.75 Å². The molecule has 0 atom stereocenters. The van der Waals surface area contributed by atoms with Crippen LogP contribution >= 0.6 is 0 Å². The summed E-state index contributed by atoms with van der Waals surface area (Å²) >= 11 is 0. The lowest BCUT2D eigenvalue weighted by molar-refractivity contribution is 0.414. The fraction of sp³-hybridized carbons (Fsp3) is 0.375. The highest BCUT2D eigenvalue weighted by Gasteiger charge is 2.21. The minimum atomic E-state index is 0.604. The first-order valence-corrected chi connectivity index (χ1v) is 7.30. The van der Waals surface area contributed by atoms with Crippen molar-refractivity contribution in [1.29, 1.82) is 0 Å². The van der Waals surface area contributed by atoms with E-state index >= 15 is 0 Å². The van der Waals surface area contributed by atoms with Crippen LogP contribution in [-0.2, 0) is 6.42 Å². The monoisotopic (exact) mass is 284 g/mol. The third-order valence-corrected chi connectivity index (χ3v) is 3.44. The molecule has 0 bridgehead atoms. The van der Waals surface area contributed by atoms with Crippen molar-refractivity contribution in [1.82, 2.24) is 9.97 Å². The Morgan fingerprint density at radius 1 is 1.19 bits per heavy atom. The lowest BCUT2D eigenvalue weighted by Crippen LogP contribution is -2.10. The first-order chi connectivity index (χ1) is 10.3. The molecular weight excluding hydrogens is 264 g/mol. The smallest absolute Gasteiger partial charge is 0.224 e. The van der Waals surface area contributed by atoms with Crippen LogP contribution in [0.3, 0.4) is 0 Å². The first-order valence-electron chi connectivity index (χ1n) is 7.30. The molecule has 1 aromatic heterocycles. The van der Waals surface area contributed by atoms with Crippen LogP contribution in [0.1, 0.15) is 18.4 Å². The maximum Gasteiger partial charge on any atom is 0.224 e. The zero-order valence-electron chi connectivity index (χ0n) is 12.2. The van der Waals surface area contributed by atoms with E-state index in [-0.39, 0.29) is 0 Å². The Hall–Kier alpha value is -2.30. The minimum Gasteiger partial charge on any atom is -0.497 e. The van der Waals surface area contributed by atoms with Gasteiger partial charge in [0.25, 0.3) is 0 Å². The fourth-order valence-corrected chi connectivity index (χ4v) is 2.07. The molecule has 3 rings (SSSR count). The highest BCUT2D eigenvalue weighted by atomic mass is 16.5. The quantitative estimate of drug-likeness (QED) is 0.818. The molecule has 0 spiro atoms. The Bertz CT molecular complexity index is 581. The molecule has 2 aromatic rings. The van der Waals surface area contributed by atoms with Gasteiger partial charge in [-0.3, -0.25) is 0 Å². The topological polar surface area (TPSA) is 59.1 Å². The zero-order chi connectivity index (χ0) is 14.5. The van der Waals surface area contributed by atoms with Crippen LogP contribution in [0.2, 0.25) is 0 Å². The number of rotatable bonds is 7. The van der Waals surface area contributed by atoms with Crippen molar-refractivity contribution in [2.24, 2.45) is 0 Å². The molecule has 5 nitrogen and oxygen atoms in total. The largest absolute Gasteiger partial charge is 0.497 e. The highest BCUT2D eigenvalue weighted by molar-refractivity contribution is 5.41. The van der Waals surface area contributed by atoms with Crippen molar-refractivity contribution in [3.8, 4) is 5.75 Å². The first kappa shape index (κ1) is 13.7. The maximum atomic E-state index is 5.15. The standard InChI is InChI=1S/C16H20N4O/c1-21-14-6-2-12(3-7-14)8-10-17-16-18-11-9-15(20-16)19-13-4-5-13/h2-3,6-7,9,11,13H,4-5,8,10H2,1H3,(H2,17,18,19,20). The van der Waals surface area contributed by atoms with Crippen LogP contribution < -0.4 is 15.4 Å². The van der Waals surface area contributed by atoms with Crippen molar-refractivity contribution in [3.63, 3.8) is 0 Å². The molecular formula is C16H20N4O. The number of nitrogens with one attached hydrogen (secondary N) is 2. The average molecular weight is 284 g/mol. The lowest BCUT2D eigenvalue weighted by atomic mass is 10.1. The van der Waals surface area contributed by atoms with Crippen molar-refractivity contribution in [2.75, 3.05) is 24.3 Å². The summed E-state index contributed by atoms with van der Waals surface area (Å²) in [5, 5.41) is 6.63. The number of ether oxygens (including phenoxy) is 1. The predicted molar refractivity (Wildman–Crippen MR) is 83.9 cm³/mol. The Morgan fingerprint density at radius 3 is 2.71 bits per heavy atom. The summed E-state index contributed by atoms with van der Waals surface area (Å²) in [6.07, 6.45) is 5.19. The Morgan fingerprint density at radius 2 is 2.00 bits per heavy atom. The number of benzene rings is 1. The van der Waals surface area contributed by atoms with Crippen molar-refractivity contribution in [3.05, 3.63) is 42.1 Å². The molecule has 1 heterocycles. The van der Waals surface area contributed by atoms with Gasteiger partial charge < -0.3 is 15.4 Å². The van der Waals surface area contributed by atoms with E-state index in [4.69, 9.17) is 4.74 Å². The zero-order valence-corrected chi connectivity index (χ0v) is 12.2. The van der Waals surface area contributed by atoms with Gasteiger partial charge in [-0.25, -0.2) is 4.98 Å². The van der Waals surface area contributed by atoms with E-state index in [1.807, 2.05) is 18.2 Å². The summed E-state index contributed by atoms with van der Waals surface area (Å²) in [5.41, 5.74) is 1.26. The lowest BCUT2D eigenvalue weighted by Gasteiger charge is -2.08. The summed E-state index contributed by atoms with van der Waals surface area (Å²) in [6.45, 7) is 0.805. The number of methoxy groups -OCH3 is 1. The van der Waals surface area contributed by atoms with E-state index in [1.54, 1.807) is 13.3 Å².